The van der Waals surface area contributed by atoms with Gasteiger partial charge in [-0.25, -0.2) is 0 Å². The Hall–Kier alpha value is -1.56. The van der Waals surface area contributed by atoms with Crippen LogP contribution >= 0.6 is 0 Å². The van der Waals surface area contributed by atoms with E-state index in [-0.39, 0.29) is 32.0 Å². The summed E-state index contributed by atoms with van der Waals surface area (Å²) in [6, 6.07) is 0. The Labute approximate surface area is 361 Å². The van der Waals surface area contributed by atoms with Crippen LogP contribution in [0, 0.1) is 0 Å². The fourth-order valence-corrected chi connectivity index (χ4v) is 7.72. The van der Waals surface area contributed by atoms with Gasteiger partial charge in [0.25, 0.3) is 0 Å². The van der Waals surface area contributed by atoms with Crippen molar-refractivity contribution in [3.63, 3.8) is 0 Å². The van der Waals surface area contributed by atoms with Gasteiger partial charge in [-0.15, -0.1) is 0 Å². The molecule has 1 aliphatic rings. The first-order valence-corrected chi connectivity index (χ1v) is 24.8. The van der Waals surface area contributed by atoms with Gasteiger partial charge in [-0.2, -0.15) is 0 Å². The van der Waals surface area contributed by atoms with Crippen molar-refractivity contribution in [1.29, 1.82) is 0 Å². The van der Waals surface area contributed by atoms with Crippen LogP contribution < -0.4 is 0 Å². The van der Waals surface area contributed by atoms with E-state index in [0.29, 0.717) is 6.42 Å². The SMILES string of the molecule is CCCCCCCCCCCCCCCCCCCC/C=C/CCCC(=O)O[C@H](COC(=O)CCCCCCCCCCCCC)CO[C@@H]1O[C@H](CO)[C@H](O)C(O)C1O. The maximum atomic E-state index is 12.8. The van der Waals surface area contributed by atoms with Crippen LogP contribution in [0.15, 0.2) is 12.2 Å². The zero-order valence-electron chi connectivity index (χ0n) is 38.0. The molecule has 1 heterocycles. The fourth-order valence-electron chi connectivity index (χ4n) is 7.72. The Morgan fingerprint density at radius 2 is 0.915 bits per heavy atom. The van der Waals surface area contributed by atoms with Crippen molar-refractivity contribution in [2.24, 2.45) is 0 Å². The van der Waals surface area contributed by atoms with Crippen molar-refractivity contribution in [2.45, 2.75) is 269 Å². The molecule has 348 valence electrons. The number of hydrogen-bond acceptors (Lipinski definition) is 10. The Bertz CT molecular complexity index is 974. The summed E-state index contributed by atoms with van der Waals surface area (Å²) in [5.74, 6) is -0.833. The van der Waals surface area contributed by atoms with Crippen LogP contribution in [0.3, 0.4) is 0 Å². The number of esters is 2. The van der Waals surface area contributed by atoms with Crippen molar-refractivity contribution in [3.8, 4) is 0 Å². The lowest BCUT2D eigenvalue weighted by Gasteiger charge is -2.39. The second-order valence-corrected chi connectivity index (χ2v) is 17.3. The molecular formula is C49H92O10. The number of aliphatic hydroxyl groups excluding tert-OH is 4. The third-order valence-electron chi connectivity index (χ3n) is 11.7. The van der Waals surface area contributed by atoms with E-state index < -0.39 is 49.4 Å². The molecule has 4 N–H and O–H groups in total. The quantitative estimate of drug-likeness (QED) is 0.0265. The monoisotopic (exact) mass is 841 g/mol. The van der Waals surface area contributed by atoms with Gasteiger partial charge >= 0.3 is 11.9 Å². The van der Waals surface area contributed by atoms with Crippen molar-refractivity contribution in [1.82, 2.24) is 0 Å². The number of rotatable bonds is 42. The lowest BCUT2D eigenvalue weighted by atomic mass is 9.99. The minimum Gasteiger partial charge on any atom is -0.462 e. The predicted octanol–water partition coefficient (Wildman–Crippen LogP) is 11.1. The largest absolute Gasteiger partial charge is 0.462 e. The summed E-state index contributed by atoms with van der Waals surface area (Å²) in [4.78, 5) is 25.3. The number of carbonyl (C=O) groups is 2. The fraction of sp³-hybridized carbons (Fsp3) is 0.918. The lowest BCUT2D eigenvalue weighted by molar-refractivity contribution is -0.305. The van der Waals surface area contributed by atoms with Gasteiger partial charge in [0, 0.05) is 12.8 Å². The Morgan fingerprint density at radius 3 is 1.37 bits per heavy atom. The number of allylic oxidation sites excluding steroid dienone is 2. The van der Waals surface area contributed by atoms with Gasteiger partial charge in [-0.3, -0.25) is 9.59 Å². The first-order valence-electron chi connectivity index (χ1n) is 24.8. The van der Waals surface area contributed by atoms with Gasteiger partial charge in [0.2, 0.25) is 0 Å². The molecule has 0 amide bonds. The van der Waals surface area contributed by atoms with Gasteiger partial charge in [0.15, 0.2) is 12.4 Å². The van der Waals surface area contributed by atoms with Gasteiger partial charge in [0.05, 0.1) is 13.2 Å². The molecular weight excluding hydrogens is 749 g/mol. The third kappa shape index (κ3) is 31.9. The number of ether oxygens (including phenoxy) is 4. The zero-order chi connectivity index (χ0) is 43.0. The summed E-state index contributed by atoms with van der Waals surface area (Å²) in [6.07, 6.45) is 36.7. The van der Waals surface area contributed by atoms with Crippen LogP contribution in [0.1, 0.15) is 232 Å². The molecule has 0 bridgehead atoms. The van der Waals surface area contributed by atoms with E-state index in [0.717, 1.165) is 32.1 Å². The Balaban J connectivity index is 2.24. The second kappa shape index (κ2) is 40.5. The van der Waals surface area contributed by atoms with Gasteiger partial charge < -0.3 is 39.4 Å². The van der Waals surface area contributed by atoms with Crippen LogP contribution in [-0.4, -0.2) is 89.0 Å². The van der Waals surface area contributed by atoms with Crippen molar-refractivity contribution >= 4 is 11.9 Å². The van der Waals surface area contributed by atoms with E-state index in [1.807, 2.05) is 0 Å². The predicted molar refractivity (Wildman–Crippen MR) is 238 cm³/mol. The minimum atomic E-state index is -1.60. The molecule has 0 spiro atoms. The molecule has 1 aliphatic heterocycles. The van der Waals surface area contributed by atoms with E-state index in [2.05, 4.69) is 26.0 Å². The van der Waals surface area contributed by atoms with E-state index >= 15 is 0 Å². The van der Waals surface area contributed by atoms with E-state index in [9.17, 15) is 30.0 Å². The maximum Gasteiger partial charge on any atom is 0.306 e. The average Bonchev–Trinajstić information content (AvgIpc) is 3.23. The van der Waals surface area contributed by atoms with E-state index in [4.69, 9.17) is 18.9 Å². The first-order chi connectivity index (χ1) is 28.8. The molecule has 6 atom stereocenters. The molecule has 0 aromatic rings. The zero-order valence-corrected chi connectivity index (χ0v) is 38.0. The molecule has 0 aromatic heterocycles. The Morgan fingerprint density at radius 1 is 0.508 bits per heavy atom. The van der Waals surface area contributed by atoms with Gasteiger partial charge in [0.1, 0.15) is 31.0 Å². The van der Waals surface area contributed by atoms with Crippen LogP contribution in [0.4, 0.5) is 0 Å². The van der Waals surface area contributed by atoms with Crippen molar-refractivity contribution in [2.75, 3.05) is 19.8 Å². The van der Waals surface area contributed by atoms with Crippen LogP contribution in [0.2, 0.25) is 0 Å². The van der Waals surface area contributed by atoms with Crippen molar-refractivity contribution in [3.05, 3.63) is 12.2 Å². The highest BCUT2D eigenvalue weighted by atomic mass is 16.7. The number of hydrogen-bond donors (Lipinski definition) is 4. The summed E-state index contributed by atoms with van der Waals surface area (Å²) in [6.45, 7) is 3.42. The summed E-state index contributed by atoms with van der Waals surface area (Å²) < 4.78 is 22.1. The molecule has 0 saturated carbocycles. The van der Waals surface area contributed by atoms with Gasteiger partial charge in [-0.05, 0) is 32.1 Å². The molecule has 59 heavy (non-hydrogen) atoms. The summed E-state index contributed by atoms with van der Waals surface area (Å²) >= 11 is 0. The molecule has 1 fully saturated rings. The summed E-state index contributed by atoms with van der Waals surface area (Å²) in [7, 11) is 0. The standard InChI is InChI=1S/C49H92O10/c1-3-5-7-9-11-13-15-16-17-18-19-20-21-22-23-24-25-26-28-30-32-34-36-38-45(52)58-42(41-57-49-48(55)47(54)46(53)43(39-50)59-49)40-56-44(51)37-35-33-31-29-27-14-12-10-8-6-4-2/h30,32,42-43,46-50,53-55H,3-29,31,33-41H2,1-2H3/b32-30+/t42-,43-,46+,47?,48?,49-/m1/s1. The number of carbonyl (C=O) groups excluding carboxylic acids is 2. The normalized spacial score (nSPS) is 20.0. The molecule has 1 saturated heterocycles. The molecule has 2 unspecified atom stereocenters. The van der Waals surface area contributed by atoms with E-state index in [1.54, 1.807) is 0 Å². The second-order valence-electron chi connectivity index (χ2n) is 17.3. The molecule has 0 aliphatic carbocycles. The van der Waals surface area contributed by atoms with Crippen LogP contribution in [0.5, 0.6) is 0 Å². The maximum absolute atomic E-state index is 12.8. The third-order valence-corrected chi connectivity index (χ3v) is 11.7. The Kier molecular flexibility index (Phi) is 38.1. The smallest absolute Gasteiger partial charge is 0.306 e. The topological polar surface area (TPSA) is 152 Å². The highest BCUT2D eigenvalue weighted by Crippen LogP contribution is 2.23. The van der Waals surface area contributed by atoms with Crippen LogP contribution in [0.25, 0.3) is 0 Å². The summed E-state index contributed by atoms with van der Waals surface area (Å²) in [5, 5.41) is 40.1. The van der Waals surface area contributed by atoms with Crippen LogP contribution in [-0.2, 0) is 28.5 Å². The summed E-state index contributed by atoms with van der Waals surface area (Å²) in [5.41, 5.74) is 0. The van der Waals surface area contributed by atoms with Crippen molar-refractivity contribution < 1.29 is 49.0 Å². The first kappa shape index (κ1) is 55.5. The highest BCUT2D eigenvalue weighted by molar-refractivity contribution is 5.70. The highest BCUT2D eigenvalue weighted by Gasteiger charge is 2.44. The molecule has 0 aromatic carbocycles. The molecule has 10 heteroatoms. The van der Waals surface area contributed by atoms with E-state index in [1.165, 1.54) is 167 Å². The number of unbranched alkanes of at least 4 members (excludes halogenated alkanes) is 29. The lowest BCUT2D eigenvalue weighted by Crippen LogP contribution is -2.59. The molecule has 10 nitrogen and oxygen atoms in total. The number of aliphatic hydroxyl groups is 4. The average molecular weight is 841 g/mol. The minimum absolute atomic E-state index is 0.187. The molecule has 1 rings (SSSR count). The molecule has 0 radical (unpaired) electrons. The van der Waals surface area contributed by atoms with Gasteiger partial charge in [-0.1, -0.05) is 199 Å².